The van der Waals surface area contributed by atoms with Crippen LogP contribution in [0.5, 0.6) is 0 Å². The normalized spacial score (nSPS) is 13.9. The highest BCUT2D eigenvalue weighted by Gasteiger charge is 2.27. The summed E-state index contributed by atoms with van der Waals surface area (Å²) in [7, 11) is 0. The lowest BCUT2D eigenvalue weighted by atomic mass is 10.0. The molecule has 5 heteroatoms. The third-order valence-electron chi connectivity index (χ3n) is 4.25. The minimum Gasteiger partial charge on any atom is -0.444 e. The summed E-state index contributed by atoms with van der Waals surface area (Å²) in [6.07, 6.45) is -0.588. The first kappa shape index (κ1) is 20.7. The van der Waals surface area contributed by atoms with E-state index in [9.17, 15) is 9.59 Å². The Kier molecular flexibility index (Phi) is 6.47. The van der Waals surface area contributed by atoms with E-state index >= 15 is 0 Å². The van der Waals surface area contributed by atoms with Crippen LogP contribution in [0.1, 0.15) is 53.1 Å². The molecule has 0 heterocycles. The van der Waals surface area contributed by atoms with Crippen LogP contribution < -0.4 is 10.6 Å². The Morgan fingerprint density at radius 2 is 1.56 bits per heavy atom. The summed E-state index contributed by atoms with van der Waals surface area (Å²) in [4.78, 5) is 24.8. The van der Waals surface area contributed by atoms with Crippen LogP contribution in [-0.4, -0.2) is 23.6 Å². The Labute approximate surface area is 161 Å². The molecule has 0 aliphatic carbocycles. The van der Waals surface area contributed by atoms with Crippen molar-refractivity contribution in [3.05, 3.63) is 48.0 Å². The second kappa shape index (κ2) is 8.42. The van der Waals surface area contributed by atoms with Crippen molar-refractivity contribution in [2.24, 2.45) is 5.92 Å². The third kappa shape index (κ3) is 5.98. The fourth-order valence-electron chi connectivity index (χ4n) is 2.83. The topological polar surface area (TPSA) is 67.4 Å². The average Bonchev–Trinajstić information content (AvgIpc) is 2.57. The van der Waals surface area contributed by atoms with Gasteiger partial charge in [-0.3, -0.25) is 4.79 Å². The van der Waals surface area contributed by atoms with Gasteiger partial charge >= 0.3 is 6.09 Å². The number of fused-ring (bicyclic) bond motifs is 1. The average molecular weight is 370 g/mol. The van der Waals surface area contributed by atoms with Crippen molar-refractivity contribution in [3.8, 4) is 0 Å². The molecule has 0 fully saturated rings. The van der Waals surface area contributed by atoms with Gasteiger partial charge in [0, 0.05) is 0 Å². The van der Waals surface area contributed by atoms with E-state index in [0.29, 0.717) is 0 Å². The van der Waals surface area contributed by atoms with Gasteiger partial charge in [-0.15, -0.1) is 0 Å². The van der Waals surface area contributed by atoms with E-state index in [1.807, 2.05) is 51.1 Å². The Hall–Kier alpha value is -2.56. The Morgan fingerprint density at radius 3 is 2.15 bits per heavy atom. The molecule has 2 amide bonds. The summed E-state index contributed by atoms with van der Waals surface area (Å²) in [5.41, 5.74) is 0.405. The van der Waals surface area contributed by atoms with Crippen LogP contribution in [0.4, 0.5) is 4.79 Å². The van der Waals surface area contributed by atoms with E-state index in [0.717, 1.165) is 16.3 Å². The highest BCUT2D eigenvalue weighted by atomic mass is 16.6. The van der Waals surface area contributed by atoms with Crippen LogP contribution in [0.15, 0.2) is 42.5 Å². The molecule has 2 aromatic rings. The Bertz CT molecular complexity index is 809. The van der Waals surface area contributed by atoms with Gasteiger partial charge in [0.1, 0.15) is 11.6 Å². The molecular formula is C22H30N2O3. The molecule has 2 N–H and O–H groups in total. The van der Waals surface area contributed by atoms with Crippen molar-refractivity contribution in [1.29, 1.82) is 0 Å². The lowest BCUT2D eigenvalue weighted by molar-refractivity contribution is -0.124. The predicted octanol–water partition coefficient (Wildman–Crippen LogP) is 4.57. The van der Waals surface area contributed by atoms with E-state index in [1.54, 1.807) is 20.8 Å². The molecule has 5 nitrogen and oxygen atoms in total. The highest BCUT2D eigenvalue weighted by Crippen LogP contribution is 2.20. The standard InChI is InChI=1S/C22H30N2O3/c1-14(2)19(24-21(26)27-22(4,5)6)20(25)23-15(3)17-12-11-16-9-7-8-10-18(16)13-17/h7-15,19H,1-6H3,(H,23,25)(H,24,26)/t15-,19+/m1/s1. The molecule has 0 bridgehead atoms. The SMILES string of the molecule is CC(C)[C@H](NC(=O)OC(C)(C)C)C(=O)N[C@H](C)c1ccc2ccccc2c1. The molecule has 0 radical (unpaired) electrons. The second-order valence-corrected chi connectivity index (χ2v) is 8.20. The van der Waals surface area contributed by atoms with E-state index in [4.69, 9.17) is 4.74 Å². The molecule has 2 aromatic carbocycles. The number of carbonyl (C=O) groups excluding carboxylic acids is 2. The number of hydrogen-bond acceptors (Lipinski definition) is 3. The van der Waals surface area contributed by atoms with Gasteiger partial charge in [0.15, 0.2) is 0 Å². The smallest absolute Gasteiger partial charge is 0.408 e. The van der Waals surface area contributed by atoms with Crippen molar-refractivity contribution >= 4 is 22.8 Å². The van der Waals surface area contributed by atoms with Gasteiger partial charge in [0.2, 0.25) is 5.91 Å². The van der Waals surface area contributed by atoms with Gasteiger partial charge < -0.3 is 15.4 Å². The third-order valence-corrected chi connectivity index (χ3v) is 4.25. The molecule has 0 aromatic heterocycles. The van der Waals surface area contributed by atoms with Crippen molar-refractivity contribution < 1.29 is 14.3 Å². The van der Waals surface area contributed by atoms with Crippen molar-refractivity contribution in [2.75, 3.05) is 0 Å². The quantitative estimate of drug-likeness (QED) is 0.810. The molecule has 2 atom stereocenters. The molecule has 0 saturated heterocycles. The van der Waals surface area contributed by atoms with Crippen molar-refractivity contribution in [3.63, 3.8) is 0 Å². The zero-order valence-corrected chi connectivity index (χ0v) is 17.0. The van der Waals surface area contributed by atoms with Crippen LogP contribution in [-0.2, 0) is 9.53 Å². The second-order valence-electron chi connectivity index (χ2n) is 8.20. The van der Waals surface area contributed by atoms with Crippen molar-refractivity contribution in [1.82, 2.24) is 10.6 Å². The maximum Gasteiger partial charge on any atom is 0.408 e. The zero-order chi connectivity index (χ0) is 20.2. The summed E-state index contributed by atoms with van der Waals surface area (Å²) in [5, 5.41) is 7.97. The summed E-state index contributed by atoms with van der Waals surface area (Å²) in [6, 6.07) is 13.4. The first-order valence-electron chi connectivity index (χ1n) is 9.35. The lowest BCUT2D eigenvalue weighted by Gasteiger charge is -2.26. The molecular weight excluding hydrogens is 340 g/mol. The summed E-state index contributed by atoms with van der Waals surface area (Å²) < 4.78 is 5.28. The maximum absolute atomic E-state index is 12.8. The van der Waals surface area contributed by atoms with Gasteiger partial charge in [-0.25, -0.2) is 4.79 Å². The summed E-state index contributed by atoms with van der Waals surface area (Å²) >= 11 is 0. The van der Waals surface area contributed by atoms with E-state index < -0.39 is 17.7 Å². The van der Waals surface area contributed by atoms with E-state index in [2.05, 4.69) is 22.8 Å². The molecule has 27 heavy (non-hydrogen) atoms. The minimum atomic E-state index is -0.664. The van der Waals surface area contributed by atoms with Crippen LogP contribution >= 0.6 is 0 Å². The number of rotatable bonds is 5. The van der Waals surface area contributed by atoms with Crippen LogP contribution in [0.2, 0.25) is 0 Å². The number of carbonyl (C=O) groups is 2. The van der Waals surface area contributed by atoms with Gasteiger partial charge in [-0.1, -0.05) is 50.2 Å². The fraction of sp³-hybridized carbons (Fsp3) is 0.455. The molecule has 0 aliphatic rings. The number of alkyl carbamates (subject to hydrolysis) is 1. The van der Waals surface area contributed by atoms with Crippen LogP contribution in [0, 0.1) is 5.92 Å². The van der Waals surface area contributed by atoms with Gasteiger partial charge in [-0.2, -0.15) is 0 Å². The zero-order valence-electron chi connectivity index (χ0n) is 17.0. The number of benzene rings is 2. The number of amides is 2. The summed E-state index contributed by atoms with van der Waals surface area (Å²) in [5.74, 6) is -0.294. The molecule has 0 spiro atoms. The molecule has 2 rings (SSSR count). The van der Waals surface area contributed by atoms with Crippen molar-refractivity contribution in [2.45, 2.75) is 59.2 Å². The van der Waals surface area contributed by atoms with E-state index in [-0.39, 0.29) is 17.9 Å². The van der Waals surface area contributed by atoms with Gasteiger partial charge in [0.25, 0.3) is 0 Å². The summed E-state index contributed by atoms with van der Waals surface area (Å²) in [6.45, 7) is 11.1. The van der Waals surface area contributed by atoms with E-state index in [1.165, 1.54) is 0 Å². The first-order chi connectivity index (χ1) is 12.6. The minimum absolute atomic E-state index is 0.0682. The molecule has 0 aliphatic heterocycles. The largest absolute Gasteiger partial charge is 0.444 e. The number of ether oxygens (including phenoxy) is 1. The predicted molar refractivity (Wildman–Crippen MR) is 109 cm³/mol. The maximum atomic E-state index is 12.8. The number of hydrogen-bond donors (Lipinski definition) is 2. The molecule has 146 valence electrons. The first-order valence-corrected chi connectivity index (χ1v) is 9.35. The monoisotopic (exact) mass is 370 g/mol. The fourth-order valence-corrected chi connectivity index (χ4v) is 2.83. The Balaban J connectivity index is 2.07. The van der Waals surface area contributed by atoms with Gasteiger partial charge in [-0.05, 0) is 56.0 Å². The number of nitrogens with one attached hydrogen (secondary N) is 2. The lowest BCUT2D eigenvalue weighted by Crippen LogP contribution is -2.51. The van der Waals surface area contributed by atoms with Crippen LogP contribution in [0.3, 0.4) is 0 Å². The highest BCUT2D eigenvalue weighted by molar-refractivity contribution is 5.87. The van der Waals surface area contributed by atoms with Crippen LogP contribution in [0.25, 0.3) is 10.8 Å². The van der Waals surface area contributed by atoms with Gasteiger partial charge in [0.05, 0.1) is 6.04 Å². The molecule has 0 unspecified atom stereocenters. The Morgan fingerprint density at radius 1 is 0.926 bits per heavy atom. The molecule has 0 saturated carbocycles.